The van der Waals surface area contributed by atoms with Crippen LogP contribution in [0.4, 0.5) is 0 Å². The van der Waals surface area contributed by atoms with Crippen molar-refractivity contribution in [3.63, 3.8) is 0 Å². The van der Waals surface area contributed by atoms with E-state index in [4.69, 9.17) is 0 Å². The van der Waals surface area contributed by atoms with Gasteiger partial charge in [0, 0.05) is 5.25 Å². The molecule has 0 N–H and O–H groups in total. The Bertz CT molecular complexity index is 97.1. The van der Waals surface area contributed by atoms with Gasteiger partial charge in [-0.25, -0.2) is 0 Å². The van der Waals surface area contributed by atoms with Gasteiger partial charge in [0.25, 0.3) is 0 Å². The summed E-state index contributed by atoms with van der Waals surface area (Å²) in [6.45, 7) is 3.97. The Kier molecular flexibility index (Phi) is 2.65. The quantitative estimate of drug-likeness (QED) is 0.507. The van der Waals surface area contributed by atoms with Gasteiger partial charge in [0.1, 0.15) is 0 Å². The van der Waals surface area contributed by atoms with Gasteiger partial charge in [-0.2, -0.15) is 11.8 Å². The van der Waals surface area contributed by atoms with Gasteiger partial charge in [-0.1, -0.05) is 12.2 Å². The fraction of sp³-hybridized carbons (Fsp3) is 0.750. The Hall–Kier alpha value is 0.0900. The van der Waals surface area contributed by atoms with Gasteiger partial charge < -0.3 is 0 Å². The maximum absolute atomic E-state index is 3.97. The van der Waals surface area contributed by atoms with Gasteiger partial charge >= 0.3 is 0 Å². The summed E-state index contributed by atoms with van der Waals surface area (Å²) in [5, 5.41) is 0.926. The molecule has 0 aliphatic heterocycles. The molecule has 1 aliphatic carbocycles. The van der Waals surface area contributed by atoms with E-state index in [1.807, 2.05) is 11.8 Å². The minimum atomic E-state index is 0.926. The van der Waals surface area contributed by atoms with Gasteiger partial charge in [0.05, 0.1) is 0 Å². The SMILES string of the molecule is C=C1CCC(SC)CC1. The number of allylic oxidation sites excluding steroid dienone is 1. The van der Waals surface area contributed by atoms with Crippen molar-refractivity contribution in [1.82, 2.24) is 0 Å². The lowest BCUT2D eigenvalue weighted by Gasteiger charge is -2.20. The van der Waals surface area contributed by atoms with E-state index in [2.05, 4.69) is 12.8 Å². The van der Waals surface area contributed by atoms with Crippen molar-refractivity contribution < 1.29 is 0 Å². The lowest BCUT2D eigenvalue weighted by Crippen LogP contribution is -2.08. The predicted molar refractivity (Wildman–Crippen MR) is 44.9 cm³/mol. The molecule has 1 heteroatoms. The third-order valence-electron chi connectivity index (χ3n) is 1.97. The van der Waals surface area contributed by atoms with Crippen LogP contribution in [0.25, 0.3) is 0 Å². The molecule has 0 radical (unpaired) electrons. The van der Waals surface area contributed by atoms with Gasteiger partial charge in [-0.3, -0.25) is 0 Å². The van der Waals surface area contributed by atoms with Crippen LogP contribution < -0.4 is 0 Å². The standard InChI is InChI=1S/C8H14S/c1-7-3-5-8(9-2)6-4-7/h8H,1,3-6H2,2H3. The van der Waals surface area contributed by atoms with E-state index >= 15 is 0 Å². The Morgan fingerprint density at radius 3 is 2.44 bits per heavy atom. The minimum Gasteiger partial charge on any atom is -0.162 e. The molecule has 0 aromatic carbocycles. The molecular weight excluding hydrogens is 128 g/mol. The Morgan fingerprint density at radius 1 is 1.44 bits per heavy atom. The Morgan fingerprint density at radius 2 is 2.00 bits per heavy atom. The molecule has 0 nitrogen and oxygen atoms in total. The van der Waals surface area contributed by atoms with Crippen molar-refractivity contribution >= 4 is 11.8 Å². The molecule has 0 saturated heterocycles. The van der Waals surface area contributed by atoms with E-state index in [0.29, 0.717) is 0 Å². The summed E-state index contributed by atoms with van der Waals surface area (Å²) >= 11 is 2.01. The minimum absolute atomic E-state index is 0.926. The van der Waals surface area contributed by atoms with Crippen molar-refractivity contribution in [3.05, 3.63) is 12.2 Å². The lowest BCUT2D eigenvalue weighted by atomic mass is 9.96. The van der Waals surface area contributed by atoms with Crippen LogP contribution in [-0.4, -0.2) is 11.5 Å². The molecule has 1 aliphatic rings. The maximum atomic E-state index is 3.97. The smallest absolute Gasteiger partial charge is 0.00503 e. The molecule has 0 aromatic rings. The van der Waals surface area contributed by atoms with Crippen LogP contribution in [0.1, 0.15) is 25.7 Å². The average Bonchev–Trinajstić information content (AvgIpc) is 1.90. The molecule has 1 rings (SSSR count). The second-order valence-corrected chi connectivity index (χ2v) is 3.82. The second kappa shape index (κ2) is 3.31. The second-order valence-electron chi connectivity index (χ2n) is 2.69. The first kappa shape index (κ1) is 7.20. The molecule has 0 heterocycles. The molecule has 52 valence electrons. The molecule has 0 atom stereocenters. The van der Waals surface area contributed by atoms with Gasteiger partial charge in [-0.05, 0) is 31.9 Å². The first-order valence-corrected chi connectivity index (χ1v) is 4.81. The van der Waals surface area contributed by atoms with E-state index in [-0.39, 0.29) is 0 Å². The van der Waals surface area contributed by atoms with Crippen molar-refractivity contribution in [2.75, 3.05) is 6.26 Å². The molecule has 0 spiro atoms. The van der Waals surface area contributed by atoms with E-state index in [1.165, 1.54) is 31.3 Å². The largest absolute Gasteiger partial charge is 0.162 e. The van der Waals surface area contributed by atoms with Gasteiger partial charge in [0.2, 0.25) is 0 Å². The fourth-order valence-corrected chi connectivity index (χ4v) is 1.94. The van der Waals surface area contributed by atoms with Crippen LogP contribution in [0, 0.1) is 0 Å². The van der Waals surface area contributed by atoms with Crippen molar-refractivity contribution in [2.45, 2.75) is 30.9 Å². The van der Waals surface area contributed by atoms with E-state index in [1.54, 1.807) is 0 Å². The van der Waals surface area contributed by atoms with E-state index in [9.17, 15) is 0 Å². The third-order valence-corrected chi connectivity index (χ3v) is 3.11. The number of hydrogen-bond donors (Lipinski definition) is 0. The summed E-state index contributed by atoms with van der Waals surface area (Å²) in [5.74, 6) is 0. The molecule has 0 unspecified atom stereocenters. The molecule has 0 bridgehead atoms. The first-order valence-electron chi connectivity index (χ1n) is 3.52. The zero-order chi connectivity index (χ0) is 6.69. The third kappa shape index (κ3) is 2.05. The molecule has 9 heavy (non-hydrogen) atoms. The predicted octanol–water partition coefficient (Wildman–Crippen LogP) is 2.85. The number of thioether (sulfide) groups is 1. The first-order chi connectivity index (χ1) is 4.33. The number of rotatable bonds is 1. The maximum Gasteiger partial charge on any atom is 0.00503 e. The summed E-state index contributed by atoms with van der Waals surface area (Å²) in [7, 11) is 0. The summed E-state index contributed by atoms with van der Waals surface area (Å²) in [6.07, 6.45) is 7.47. The van der Waals surface area contributed by atoms with Gasteiger partial charge in [0.15, 0.2) is 0 Å². The van der Waals surface area contributed by atoms with Crippen molar-refractivity contribution in [3.8, 4) is 0 Å². The highest BCUT2D eigenvalue weighted by Gasteiger charge is 2.12. The topological polar surface area (TPSA) is 0 Å². The van der Waals surface area contributed by atoms with Crippen LogP contribution >= 0.6 is 11.8 Å². The summed E-state index contributed by atoms with van der Waals surface area (Å²) in [5.41, 5.74) is 1.46. The number of hydrogen-bond acceptors (Lipinski definition) is 1. The van der Waals surface area contributed by atoms with E-state index in [0.717, 1.165) is 5.25 Å². The normalized spacial score (nSPS) is 22.6. The van der Waals surface area contributed by atoms with E-state index < -0.39 is 0 Å². The summed E-state index contributed by atoms with van der Waals surface area (Å²) in [6, 6.07) is 0. The van der Waals surface area contributed by atoms with Crippen LogP contribution in [0.3, 0.4) is 0 Å². The van der Waals surface area contributed by atoms with Crippen LogP contribution in [0.15, 0.2) is 12.2 Å². The van der Waals surface area contributed by atoms with Crippen LogP contribution in [0.5, 0.6) is 0 Å². The molecular formula is C8H14S. The van der Waals surface area contributed by atoms with Gasteiger partial charge in [-0.15, -0.1) is 0 Å². The Balaban J connectivity index is 2.26. The summed E-state index contributed by atoms with van der Waals surface area (Å²) < 4.78 is 0. The highest BCUT2D eigenvalue weighted by molar-refractivity contribution is 7.99. The molecule has 0 amide bonds. The van der Waals surface area contributed by atoms with Crippen LogP contribution in [-0.2, 0) is 0 Å². The average molecular weight is 142 g/mol. The molecule has 1 saturated carbocycles. The monoisotopic (exact) mass is 142 g/mol. The zero-order valence-corrected chi connectivity index (χ0v) is 6.84. The van der Waals surface area contributed by atoms with Crippen molar-refractivity contribution in [1.29, 1.82) is 0 Å². The fourth-order valence-electron chi connectivity index (χ4n) is 1.24. The highest BCUT2D eigenvalue weighted by atomic mass is 32.2. The Labute approximate surface area is 61.7 Å². The van der Waals surface area contributed by atoms with Crippen LogP contribution in [0.2, 0.25) is 0 Å². The molecule has 1 fully saturated rings. The van der Waals surface area contributed by atoms with Crippen molar-refractivity contribution in [2.24, 2.45) is 0 Å². The lowest BCUT2D eigenvalue weighted by molar-refractivity contribution is 0.617. The molecule has 0 aromatic heterocycles. The highest BCUT2D eigenvalue weighted by Crippen LogP contribution is 2.28. The summed E-state index contributed by atoms with van der Waals surface area (Å²) in [4.78, 5) is 0. The zero-order valence-electron chi connectivity index (χ0n) is 6.02.